The molecule has 2 aromatic carbocycles. The third-order valence-electron chi connectivity index (χ3n) is 3.60. The molecule has 1 fully saturated rings. The SMILES string of the molecule is O=C(CNC1CC1)Nc1ccc(C(=O)c2ccccc2)cc1. The Morgan fingerprint density at radius 1 is 0.909 bits per heavy atom. The van der Waals surface area contributed by atoms with Crippen molar-refractivity contribution >= 4 is 17.4 Å². The highest BCUT2D eigenvalue weighted by atomic mass is 16.2. The lowest BCUT2D eigenvalue weighted by Crippen LogP contribution is -2.29. The standard InChI is InChI=1S/C18H18N2O2/c21-17(12-19-15-10-11-15)20-16-8-6-14(7-9-16)18(22)13-4-2-1-3-5-13/h1-9,15,19H,10-12H2,(H,20,21). The average molecular weight is 294 g/mol. The Morgan fingerprint density at radius 3 is 2.18 bits per heavy atom. The third kappa shape index (κ3) is 3.80. The Morgan fingerprint density at radius 2 is 1.55 bits per heavy atom. The maximum atomic E-state index is 12.3. The van der Waals surface area contributed by atoms with E-state index in [1.165, 1.54) is 0 Å². The number of benzene rings is 2. The quantitative estimate of drug-likeness (QED) is 0.805. The van der Waals surface area contributed by atoms with Gasteiger partial charge in [-0.3, -0.25) is 9.59 Å². The molecule has 4 nitrogen and oxygen atoms in total. The molecule has 4 heteroatoms. The number of hydrogen-bond donors (Lipinski definition) is 2. The molecule has 3 rings (SSSR count). The molecular formula is C18H18N2O2. The molecule has 0 atom stereocenters. The van der Waals surface area contributed by atoms with Gasteiger partial charge in [0.25, 0.3) is 0 Å². The molecule has 0 saturated heterocycles. The van der Waals surface area contributed by atoms with Gasteiger partial charge < -0.3 is 10.6 Å². The molecule has 0 bridgehead atoms. The number of carbonyl (C=O) groups is 2. The van der Waals surface area contributed by atoms with Crippen molar-refractivity contribution in [3.05, 3.63) is 65.7 Å². The van der Waals surface area contributed by atoms with Gasteiger partial charge in [0.05, 0.1) is 6.54 Å². The molecule has 112 valence electrons. The van der Waals surface area contributed by atoms with Crippen molar-refractivity contribution in [1.29, 1.82) is 0 Å². The zero-order valence-electron chi connectivity index (χ0n) is 12.2. The van der Waals surface area contributed by atoms with Crippen molar-refractivity contribution in [2.75, 3.05) is 11.9 Å². The lowest BCUT2D eigenvalue weighted by Gasteiger charge is -2.07. The molecule has 1 aliphatic carbocycles. The predicted molar refractivity (Wildman–Crippen MR) is 86.0 cm³/mol. The molecule has 2 N–H and O–H groups in total. The van der Waals surface area contributed by atoms with E-state index in [4.69, 9.17) is 0 Å². The average Bonchev–Trinajstić information content (AvgIpc) is 3.38. The number of nitrogens with one attached hydrogen (secondary N) is 2. The largest absolute Gasteiger partial charge is 0.325 e. The summed E-state index contributed by atoms with van der Waals surface area (Å²) in [6, 6.07) is 16.6. The van der Waals surface area contributed by atoms with Crippen LogP contribution in [0.5, 0.6) is 0 Å². The van der Waals surface area contributed by atoms with Crippen LogP contribution in [0.1, 0.15) is 28.8 Å². The molecule has 22 heavy (non-hydrogen) atoms. The van der Waals surface area contributed by atoms with Gasteiger partial charge in [0.1, 0.15) is 0 Å². The number of amides is 1. The molecule has 2 aromatic rings. The lowest BCUT2D eigenvalue weighted by molar-refractivity contribution is -0.115. The molecule has 1 amide bonds. The van der Waals surface area contributed by atoms with Gasteiger partial charge in [-0.1, -0.05) is 30.3 Å². The molecule has 0 unspecified atom stereocenters. The minimum absolute atomic E-state index is 0.0196. The fraction of sp³-hybridized carbons (Fsp3) is 0.222. The van der Waals surface area contributed by atoms with E-state index in [1.807, 2.05) is 18.2 Å². The number of rotatable bonds is 6. The molecule has 0 spiro atoms. The zero-order valence-corrected chi connectivity index (χ0v) is 12.2. The molecule has 1 saturated carbocycles. The fourth-order valence-corrected chi connectivity index (χ4v) is 2.19. The van der Waals surface area contributed by atoms with Gasteiger partial charge in [0.15, 0.2) is 5.78 Å². The van der Waals surface area contributed by atoms with Crippen molar-refractivity contribution in [3.8, 4) is 0 Å². The second kappa shape index (κ2) is 6.54. The lowest BCUT2D eigenvalue weighted by atomic mass is 10.0. The Labute approximate surface area is 129 Å². The minimum Gasteiger partial charge on any atom is -0.325 e. The summed E-state index contributed by atoms with van der Waals surface area (Å²) in [6.45, 7) is 0.329. The van der Waals surface area contributed by atoms with E-state index in [9.17, 15) is 9.59 Å². The highest BCUT2D eigenvalue weighted by Gasteiger charge is 2.21. The van der Waals surface area contributed by atoms with Gasteiger partial charge in [-0.2, -0.15) is 0 Å². The van der Waals surface area contributed by atoms with Crippen molar-refractivity contribution in [2.24, 2.45) is 0 Å². The zero-order chi connectivity index (χ0) is 15.4. The summed E-state index contributed by atoms with van der Waals surface area (Å²) in [5, 5.41) is 5.98. The Kier molecular flexibility index (Phi) is 4.30. The second-order valence-electron chi connectivity index (χ2n) is 5.48. The molecule has 1 aliphatic rings. The Bertz CT molecular complexity index is 661. The van der Waals surface area contributed by atoms with Crippen LogP contribution in [0.4, 0.5) is 5.69 Å². The first-order chi connectivity index (χ1) is 10.7. The molecule has 0 heterocycles. The minimum atomic E-state index is -0.0611. The summed E-state index contributed by atoms with van der Waals surface area (Å²) >= 11 is 0. The summed E-state index contributed by atoms with van der Waals surface area (Å²) < 4.78 is 0. The van der Waals surface area contributed by atoms with Gasteiger partial charge in [-0.25, -0.2) is 0 Å². The molecule has 0 radical (unpaired) electrons. The van der Waals surface area contributed by atoms with Crippen LogP contribution in [0.25, 0.3) is 0 Å². The number of carbonyl (C=O) groups excluding carboxylic acids is 2. The smallest absolute Gasteiger partial charge is 0.238 e. The van der Waals surface area contributed by atoms with Crippen LogP contribution in [0.15, 0.2) is 54.6 Å². The van der Waals surface area contributed by atoms with Crippen molar-refractivity contribution < 1.29 is 9.59 Å². The highest BCUT2D eigenvalue weighted by molar-refractivity contribution is 6.09. The summed E-state index contributed by atoms with van der Waals surface area (Å²) in [4.78, 5) is 24.0. The molecule has 0 aromatic heterocycles. The first-order valence-corrected chi connectivity index (χ1v) is 7.45. The Hall–Kier alpha value is -2.46. The van der Waals surface area contributed by atoms with E-state index in [0.717, 1.165) is 12.8 Å². The summed E-state index contributed by atoms with van der Waals surface area (Å²) in [6.07, 6.45) is 2.31. The van der Waals surface area contributed by atoms with Crippen LogP contribution < -0.4 is 10.6 Å². The number of anilines is 1. The van der Waals surface area contributed by atoms with E-state index in [1.54, 1.807) is 36.4 Å². The summed E-state index contributed by atoms with van der Waals surface area (Å²) in [7, 11) is 0. The third-order valence-corrected chi connectivity index (χ3v) is 3.60. The summed E-state index contributed by atoms with van der Waals surface area (Å²) in [5.41, 5.74) is 1.97. The van der Waals surface area contributed by atoms with E-state index in [0.29, 0.717) is 29.4 Å². The monoisotopic (exact) mass is 294 g/mol. The van der Waals surface area contributed by atoms with E-state index < -0.39 is 0 Å². The van der Waals surface area contributed by atoms with Crippen LogP contribution in [0.3, 0.4) is 0 Å². The van der Waals surface area contributed by atoms with Crippen LogP contribution in [0.2, 0.25) is 0 Å². The second-order valence-corrected chi connectivity index (χ2v) is 5.48. The van der Waals surface area contributed by atoms with E-state index >= 15 is 0 Å². The van der Waals surface area contributed by atoms with Crippen LogP contribution >= 0.6 is 0 Å². The number of hydrogen-bond acceptors (Lipinski definition) is 3. The highest BCUT2D eigenvalue weighted by Crippen LogP contribution is 2.18. The van der Waals surface area contributed by atoms with Crippen LogP contribution in [0, 0.1) is 0 Å². The van der Waals surface area contributed by atoms with E-state index in [-0.39, 0.29) is 11.7 Å². The van der Waals surface area contributed by atoms with Crippen molar-refractivity contribution in [1.82, 2.24) is 5.32 Å². The number of ketones is 1. The predicted octanol–water partition coefficient (Wildman–Crippen LogP) is 2.61. The van der Waals surface area contributed by atoms with E-state index in [2.05, 4.69) is 10.6 Å². The maximum Gasteiger partial charge on any atom is 0.238 e. The molecule has 0 aliphatic heterocycles. The Balaban J connectivity index is 1.59. The summed E-state index contributed by atoms with van der Waals surface area (Å²) in [5.74, 6) is -0.0806. The van der Waals surface area contributed by atoms with Gasteiger partial charge in [0, 0.05) is 22.9 Å². The molecular weight excluding hydrogens is 276 g/mol. The van der Waals surface area contributed by atoms with Gasteiger partial charge >= 0.3 is 0 Å². The maximum absolute atomic E-state index is 12.3. The first kappa shape index (κ1) is 14.5. The van der Waals surface area contributed by atoms with Gasteiger partial charge in [0.2, 0.25) is 5.91 Å². The van der Waals surface area contributed by atoms with Gasteiger partial charge in [-0.15, -0.1) is 0 Å². The normalized spacial score (nSPS) is 13.6. The van der Waals surface area contributed by atoms with Gasteiger partial charge in [-0.05, 0) is 37.1 Å². The van der Waals surface area contributed by atoms with Crippen LogP contribution in [-0.4, -0.2) is 24.3 Å². The first-order valence-electron chi connectivity index (χ1n) is 7.45. The topological polar surface area (TPSA) is 58.2 Å². The van der Waals surface area contributed by atoms with Crippen molar-refractivity contribution in [3.63, 3.8) is 0 Å². The van der Waals surface area contributed by atoms with Crippen LogP contribution in [-0.2, 0) is 4.79 Å². The fourth-order valence-electron chi connectivity index (χ4n) is 2.19. The van der Waals surface area contributed by atoms with Crippen molar-refractivity contribution in [2.45, 2.75) is 18.9 Å².